The van der Waals surface area contributed by atoms with E-state index >= 15 is 0 Å². The predicted octanol–water partition coefficient (Wildman–Crippen LogP) is 0.212. The van der Waals surface area contributed by atoms with E-state index in [-0.39, 0.29) is 51.4 Å². The van der Waals surface area contributed by atoms with Crippen LogP contribution in [0.2, 0.25) is 0 Å². The summed E-state index contributed by atoms with van der Waals surface area (Å²) in [5, 5.41) is 0. The Morgan fingerprint density at radius 1 is 1.25 bits per heavy atom. The Morgan fingerprint density at radius 2 is 1.88 bits per heavy atom. The summed E-state index contributed by atoms with van der Waals surface area (Å²) < 4.78 is 36.9. The molecule has 1 aromatic rings. The average Bonchev–Trinajstić information content (AvgIpc) is 2.13. The number of halogens is 3. The van der Waals surface area contributed by atoms with Crippen molar-refractivity contribution in [1.82, 2.24) is 0 Å². The van der Waals surface area contributed by atoms with E-state index < -0.39 is 13.4 Å². The molecule has 0 aromatic heterocycles. The first-order valence-electron chi connectivity index (χ1n) is 4.95. The van der Waals surface area contributed by atoms with Gasteiger partial charge in [0, 0.05) is 12.2 Å². The minimum atomic E-state index is -4.77. The van der Waals surface area contributed by atoms with Crippen molar-refractivity contribution in [3.63, 3.8) is 0 Å². The Morgan fingerprint density at radius 3 is 2.31 bits per heavy atom. The number of anilines is 1. The third-order valence-corrected chi connectivity index (χ3v) is 2.18. The second-order valence-corrected chi connectivity index (χ2v) is 3.59. The molecule has 1 nitrogen and oxygen atoms in total. The zero-order valence-corrected chi connectivity index (χ0v) is 13.0. The normalized spacial score (nSPS) is 10.8. The van der Waals surface area contributed by atoms with Gasteiger partial charge in [0.2, 0.25) is 0 Å². The van der Waals surface area contributed by atoms with E-state index in [0.29, 0.717) is 12.2 Å². The molecule has 1 rings (SSSR count). The van der Waals surface area contributed by atoms with Gasteiger partial charge in [0.1, 0.15) is 0 Å². The summed E-state index contributed by atoms with van der Waals surface area (Å²) in [5.74, 6) is 0. The smallest absolute Gasteiger partial charge is 0.448 e. The molecule has 0 atom stereocenters. The van der Waals surface area contributed by atoms with Crippen LogP contribution in [0.15, 0.2) is 24.3 Å². The number of hydrogen-bond acceptors (Lipinski definition) is 1. The fourth-order valence-electron chi connectivity index (χ4n) is 1.49. The van der Waals surface area contributed by atoms with Crippen LogP contribution in [0.25, 0.3) is 0 Å². The zero-order chi connectivity index (χ0) is 11.5. The van der Waals surface area contributed by atoms with Crippen molar-refractivity contribution in [3.8, 4) is 0 Å². The molecule has 0 radical (unpaired) electrons. The van der Waals surface area contributed by atoms with Gasteiger partial charge in [0.05, 0.1) is 0 Å². The summed E-state index contributed by atoms with van der Waals surface area (Å²) >= 11 is 0. The third kappa shape index (κ3) is 5.72. The summed E-state index contributed by atoms with van der Waals surface area (Å²) in [5.41, 5.74) is 1.61. The van der Waals surface area contributed by atoms with E-state index in [1.54, 1.807) is 25.1 Å². The molecule has 0 heterocycles. The van der Waals surface area contributed by atoms with Gasteiger partial charge in [-0.25, -0.2) is 0 Å². The first-order chi connectivity index (χ1) is 6.92. The van der Waals surface area contributed by atoms with E-state index in [2.05, 4.69) is 0 Å². The molecule has 0 aliphatic rings. The van der Waals surface area contributed by atoms with Crippen LogP contribution in [0.5, 0.6) is 0 Å². The van der Waals surface area contributed by atoms with Crippen LogP contribution < -0.4 is 56.3 Å². The molecule has 0 unspecified atom stereocenters. The van der Waals surface area contributed by atoms with Gasteiger partial charge in [-0.2, -0.15) is 0 Å². The molecule has 16 heavy (non-hydrogen) atoms. The van der Waals surface area contributed by atoms with Crippen molar-refractivity contribution in [3.05, 3.63) is 29.8 Å². The molecule has 0 spiro atoms. The van der Waals surface area contributed by atoms with Crippen molar-refractivity contribution in [2.45, 2.75) is 13.8 Å². The van der Waals surface area contributed by atoms with E-state index in [1.165, 1.54) is 4.90 Å². The summed E-state index contributed by atoms with van der Waals surface area (Å²) in [4.78, 5) is 1.34. The van der Waals surface area contributed by atoms with Crippen LogP contribution in [-0.4, -0.2) is 20.0 Å². The summed E-state index contributed by atoms with van der Waals surface area (Å²) in [6.07, 6.45) is -0.833. The molecule has 1 aromatic carbocycles. The SMILES string of the molecule is CCN(C[B-](F)(F)F)c1cccc(C)c1.[K+]. The van der Waals surface area contributed by atoms with Crippen LogP contribution in [0, 0.1) is 6.92 Å². The van der Waals surface area contributed by atoms with Gasteiger partial charge in [0.25, 0.3) is 0 Å². The maximum atomic E-state index is 12.3. The Balaban J connectivity index is 0.00000225. The molecule has 0 saturated heterocycles. The molecule has 84 valence electrons. The number of nitrogens with zero attached hydrogens (tertiary/aromatic N) is 1. The quantitative estimate of drug-likeness (QED) is 0.695. The fourth-order valence-corrected chi connectivity index (χ4v) is 1.49. The maximum Gasteiger partial charge on any atom is 1.00 e. The van der Waals surface area contributed by atoms with Gasteiger partial charge >= 0.3 is 58.4 Å². The van der Waals surface area contributed by atoms with Crippen LogP contribution in [0.1, 0.15) is 12.5 Å². The minimum absolute atomic E-state index is 0. The average molecular weight is 255 g/mol. The Labute approximate surface area is 137 Å². The van der Waals surface area contributed by atoms with E-state index in [9.17, 15) is 12.9 Å². The Kier molecular flexibility index (Phi) is 7.28. The first kappa shape index (κ1) is 16.5. The third-order valence-electron chi connectivity index (χ3n) is 2.18. The fraction of sp³-hybridized carbons (Fsp3) is 0.400. The van der Waals surface area contributed by atoms with Gasteiger partial charge in [0.15, 0.2) is 0 Å². The molecule has 6 heteroatoms. The van der Waals surface area contributed by atoms with Crippen LogP contribution in [-0.2, 0) is 0 Å². The molecule has 0 aliphatic carbocycles. The van der Waals surface area contributed by atoms with Gasteiger partial charge in [-0.1, -0.05) is 12.1 Å². The number of hydrogen-bond donors (Lipinski definition) is 0. The first-order valence-corrected chi connectivity index (χ1v) is 4.95. The second kappa shape index (κ2) is 7.06. The van der Waals surface area contributed by atoms with Gasteiger partial charge in [-0.15, -0.1) is 0 Å². The van der Waals surface area contributed by atoms with Crippen molar-refractivity contribution >= 4 is 12.7 Å². The van der Waals surface area contributed by atoms with Crippen LogP contribution in [0.3, 0.4) is 0 Å². The van der Waals surface area contributed by atoms with Gasteiger partial charge < -0.3 is 17.8 Å². The Bertz CT molecular complexity index is 330. The topological polar surface area (TPSA) is 3.24 Å². The van der Waals surface area contributed by atoms with E-state index in [4.69, 9.17) is 0 Å². The van der Waals surface area contributed by atoms with Gasteiger partial charge in [-0.3, -0.25) is 0 Å². The van der Waals surface area contributed by atoms with Crippen molar-refractivity contribution < 1.29 is 64.3 Å². The predicted molar refractivity (Wildman–Crippen MR) is 58.1 cm³/mol. The number of aryl methyl sites for hydroxylation is 1. The van der Waals surface area contributed by atoms with Crippen molar-refractivity contribution in [2.75, 3.05) is 17.9 Å². The summed E-state index contributed by atoms with van der Waals surface area (Å²) in [6, 6.07) is 7.12. The molecule has 0 aliphatic heterocycles. The molecule has 0 fully saturated rings. The molecule has 0 bridgehead atoms. The van der Waals surface area contributed by atoms with Crippen LogP contribution >= 0.6 is 0 Å². The zero-order valence-electron chi connectivity index (χ0n) is 9.88. The molecule has 0 saturated carbocycles. The molecular weight excluding hydrogens is 241 g/mol. The molecular formula is C10H14BF3KN. The number of rotatable bonds is 4. The standard InChI is InChI=1S/C10H14BF3N.K/c1-3-15(8-11(12,13)14)10-6-4-5-9(2)7-10;/h4-7H,3,8H2,1-2H3;/q-1;+1. The van der Waals surface area contributed by atoms with Crippen molar-refractivity contribution in [2.24, 2.45) is 0 Å². The van der Waals surface area contributed by atoms with Crippen molar-refractivity contribution in [1.29, 1.82) is 0 Å². The summed E-state index contributed by atoms with van der Waals surface area (Å²) in [6.45, 7) is -0.803. The van der Waals surface area contributed by atoms with Crippen LogP contribution in [0.4, 0.5) is 18.6 Å². The van der Waals surface area contributed by atoms with E-state index in [1.807, 2.05) is 13.0 Å². The number of benzene rings is 1. The monoisotopic (exact) mass is 255 g/mol. The maximum absolute atomic E-state index is 12.3. The largest absolute Gasteiger partial charge is 1.00 e. The van der Waals surface area contributed by atoms with Gasteiger partial charge in [-0.05, 0) is 38.0 Å². The molecule has 0 amide bonds. The second-order valence-electron chi connectivity index (χ2n) is 3.59. The Hall–Kier alpha value is 0.511. The van der Waals surface area contributed by atoms with E-state index in [0.717, 1.165) is 5.56 Å². The molecule has 0 N–H and O–H groups in total. The minimum Gasteiger partial charge on any atom is -0.448 e. The summed E-state index contributed by atoms with van der Waals surface area (Å²) in [7, 11) is 0.